The number of fused-ring (bicyclic) bond motifs is 1. The fourth-order valence-electron chi connectivity index (χ4n) is 3.14. The average Bonchev–Trinajstić information content (AvgIpc) is 2.97. The lowest BCUT2D eigenvalue weighted by molar-refractivity contribution is -0.114. The van der Waals surface area contributed by atoms with E-state index in [9.17, 15) is 9.59 Å². The molecule has 2 aromatic heterocycles. The molecule has 3 rings (SSSR count). The van der Waals surface area contributed by atoms with E-state index in [0.717, 1.165) is 39.2 Å². The Bertz CT molecular complexity index is 1110. The smallest absolute Gasteiger partial charge is 0.259 e. The molecule has 0 fully saturated rings. The largest absolute Gasteiger partial charge is 0.378 e. The zero-order valence-corrected chi connectivity index (χ0v) is 18.6. The van der Waals surface area contributed by atoms with Crippen molar-refractivity contribution in [2.75, 3.05) is 10.6 Å². The lowest BCUT2D eigenvalue weighted by Crippen LogP contribution is -2.15. The van der Waals surface area contributed by atoms with E-state index < -0.39 is 0 Å². The molecule has 0 saturated heterocycles. The Morgan fingerprint density at radius 2 is 2.14 bits per heavy atom. The number of carbonyl (C=O) groups is 1. The van der Waals surface area contributed by atoms with Crippen LogP contribution in [0.4, 0.5) is 11.4 Å². The number of anilines is 2. The van der Waals surface area contributed by atoms with Crippen LogP contribution in [0, 0.1) is 12.8 Å². The van der Waals surface area contributed by atoms with Crippen molar-refractivity contribution in [3.63, 3.8) is 0 Å². The second kappa shape index (κ2) is 8.97. The van der Waals surface area contributed by atoms with Crippen molar-refractivity contribution < 1.29 is 4.79 Å². The molecule has 1 amide bonds. The van der Waals surface area contributed by atoms with Crippen molar-refractivity contribution >= 4 is 50.4 Å². The summed E-state index contributed by atoms with van der Waals surface area (Å²) in [5, 5.41) is 7.04. The maximum absolute atomic E-state index is 12.7. The van der Waals surface area contributed by atoms with E-state index in [-0.39, 0.29) is 11.5 Å². The summed E-state index contributed by atoms with van der Waals surface area (Å²) in [6, 6.07) is 5.27. The van der Waals surface area contributed by atoms with Gasteiger partial charge in [-0.3, -0.25) is 9.59 Å². The molecule has 0 aliphatic carbocycles. The maximum atomic E-state index is 12.7. The molecule has 6 nitrogen and oxygen atoms in total. The Kier molecular flexibility index (Phi) is 6.59. The number of hydrogen-bond donors (Lipinski definition) is 3. The Morgan fingerprint density at radius 3 is 2.79 bits per heavy atom. The molecule has 0 unspecified atom stereocenters. The van der Waals surface area contributed by atoms with Gasteiger partial charge in [0.25, 0.3) is 5.56 Å². The summed E-state index contributed by atoms with van der Waals surface area (Å²) < 4.78 is 0. The molecule has 8 heteroatoms. The number of nitrogens with one attached hydrogen (secondary N) is 3. The molecule has 0 spiro atoms. The number of aromatic nitrogens is 2. The standard InChI is InChI=1S/C21H25ClN4O2S/c1-5-11(2)8-15-12(3)29-21-19(15)20(28)25-18(26-21)10-23-14-6-7-17(16(22)9-14)24-13(4)27/h6-7,9,11,23H,5,8,10H2,1-4H3,(H,24,27)(H,25,26,28)/t11-/m0/s1. The highest BCUT2D eigenvalue weighted by Gasteiger charge is 2.16. The van der Waals surface area contributed by atoms with Crippen LogP contribution >= 0.6 is 22.9 Å². The van der Waals surface area contributed by atoms with Gasteiger partial charge in [-0.2, -0.15) is 0 Å². The molecule has 29 heavy (non-hydrogen) atoms. The lowest BCUT2D eigenvalue weighted by atomic mass is 9.98. The van der Waals surface area contributed by atoms with Crippen molar-refractivity contribution in [1.82, 2.24) is 9.97 Å². The van der Waals surface area contributed by atoms with E-state index >= 15 is 0 Å². The van der Waals surface area contributed by atoms with E-state index in [0.29, 0.717) is 29.0 Å². The average molecular weight is 433 g/mol. The monoisotopic (exact) mass is 432 g/mol. The number of halogens is 1. The molecule has 154 valence electrons. The van der Waals surface area contributed by atoms with E-state index in [4.69, 9.17) is 11.6 Å². The normalized spacial score (nSPS) is 12.2. The molecule has 2 heterocycles. The first-order valence-electron chi connectivity index (χ1n) is 9.60. The highest BCUT2D eigenvalue weighted by atomic mass is 35.5. The summed E-state index contributed by atoms with van der Waals surface area (Å²) >= 11 is 7.78. The second-order valence-electron chi connectivity index (χ2n) is 7.28. The number of nitrogens with zero attached hydrogens (tertiary/aromatic N) is 1. The minimum absolute atomic E-state index is 0.0894. The van der Waals surface area contributed by atoms with Gasteiger partial charge in [-0.15, -0.1) is 11.3 Å². The summed E-state index contributed by atoms with van der Waals surface area (Å²) in [4.78, 5) is 33.4. The first-order chi connectivity index (χ1) is 13.8. The number of aromatic amines is 1. The van der Waals surface area contributed by atoms with Crippen molar-refractivity contribution in [1.29, 1.82) is 0 Å². The van der Waals surface area contributed by atoms with Crippen molar-refractivity contribution in [3.05, 3.63) is 49.8 Å². The number of thiophene rings is 1. The highest BCUT2D eigenvalue weighted by Crippen LogP contribution is 2.30. The zero-order valence-electron chi connectivity index (χ0n) is 17.0. The SMILES string of the molecule is CC[C@H](C)Cc1c(C)sc2nc(CNc3ccc(NC(C)=O)c(Cl)c3)[nH]c(=O)c12. The molecule has 0 aliphatic heterocycles. The minimum Gasteiger partial charge on any atom is -0.378 e. The fraction of sp³-hybridized carbons (Fsp3) is 0.381. The highest BCUT2D eigenvalue weighted by molar-refractivity contribution is 7.18. The number of H-pyrrole nitrogens is 1. The van der Waals surface area contributed by atoms with Crippen LogP contribution in [-0.2, 0) is 17.8 Å². The molecule has 3 aromatic rings. The number of rotatable bonds is 7. The van der Waals surface area contributed by atoms with Gasteiger partial charge in [0.05, 0.1) is 22.6 Å². The van der Waals surface area contributed by atoms with Crippen molar-refractivity contribution in [2.45, 2.75) is 47.1 Å². The van der Waals surface area contributed by atoms with Crippen LogP contribution < -0.4 is 16.2 Å². The lowest BCUT2D eigenvalue weighted by Gasteiger charge is -2.10. The van der Waals surface area contributed by atoms with Gasteiger partial charge >= 0.3 is 0 Å². The van der Waals surface area contributed by atoms with Gasteiger partial charge in [-0.05, 0) is 43.0 Å². The predicted octanol–water partition coefficient (Wildman–Crippen LogP) is 5.11. The third-order valence-electron chi connectivity index (χ3n) is 4.90. The molecular weight excluding hydrogens is 408 g/mol. The number of aryl methyl sites for hydroxylation is 1. The predicted molar refractivity (Wildman–Crippen MR) is 121 cm³/mol. The Labute approximate surface area is 178 Å². The quantitative estimate of drug-likeness (QED) is 0.484. The number of carbonyl (C=O) groups excluding carboxylic acids is 1. The van der Waals surface area contributed by atoms with Crippen LogP contribution in [0.2, 0.25) is 5.02 Å². The summed E-state index contributed by atoms with van der Waals surface area (Å²) in [7, 11) is 0. The third-order valence-corrected chi connectivity index (χ3v) is 6.26. The molecule has 0 saturated carbocycles. The molecule has 1 atom stereocenters. The van der Waals surface area contributed by atoms with Gasteiger partial charge in [-0.1, -0.05) is 31.9 Å². The van der Waals surface area contributed by atoms with Crippen LogP contribution in [0.1, 0.15) is 43.5 Å². The summed E-state index contributed by atoms with van der Waals surface area (Å²) in [5.74, 6) is 0.917. The fourth-order valence-corrected chi connectivity index (χ4v) is 4.44. The first-order valence-corrected chi connectivity index (χ1v) is 10.8. The van der Waals surface area contributed by atoms with E-state index in [2.05, 4.69) is 41.4 Å². The van der Waals surface area contributed by atoms with Crippen LogP contribution in [0.5, 0.6) is 0 Å². The second-order valence-corrected chi connectivity index (χ2v) is 8.89. The molecular formula is C21H25ClN4O2S. The van der Waals surface area contributed by atoms with Gasteiger partial charge in [-0.25, -0.2) is 4.98 Å². The summed E-state index contributed by atoms with van der Waals surface area (Å²) in [6.07, 6.45) is 1.97. The molecule has 3 N–H and O–H groups in total. The summed E-state index contributed by atoms with van der Waals surface area (Å²) in [6.45, 7) is 8.21. The van der Waals surface area contributed by atoms with Crippen LogP contribution in [0.25, 0.3) is 10.2 Å². The molecule has 1 aromatic carbocycles. The third kappa shape index (κ3) is 4.97. The molecule has 0 bridgehead atoms. The summed E-state index contributed by atoms with van der Waals surface area (Å²) in [5.41, 5.74) is 2.36. The van der Waals surface area contributed by atoms with Gasteiger partial charge in [0, 0.05) is 17.5 Å². The maximum Gasteiger partial charge on any atom is 0.259 e. The Morgan fingerprint density at radius 1 is 1.38 bits per heavy atom. The number of benzene rings is 1. The van der Waals surface area contributed by atoms with Gasteiger partial charge < -0.3 is 15.6 Å². The van der Waals surface area contributed by atoms with Crippen LogP contribution in [-0.4, -0.2) is 15.9 Å². The van der Waals surface area contributed by atoms with Gasteiger partial charge in [0.1, 0.15) is 10.7 Å². The van der Waals surface area contributed by atoms with Gasteiger partial charge in [0.15, 0.2) is 0 Å². The topological polar surface area (TPSA) is 86.9 Å². The van der Waals surface area contributed by atoms with E-state index in [1.807, 2.05) is 6.07 Å². The zero-order chi connectivity index (χ0) is 21.1. The number of amides is 1. The number of hydrogen-bond acceptors (Lipinski definition) is 5. The first kappa shape index (κ1) is 21.3. The Balaban J connectivity index is 1.80. The molecule has 0 aliphatic rings. The van der Waals surface area contributed by atoms with Crippen molar-refractivity contribution in [2.24, 2.45) is 5.92 Å². The van der Waals surface area contributed by atoms with Gasteiger partial charge in [0.2, 0.25) is 5.91 Å². The van der Waals surface area contributed by atoms with E-state index in [1.165, 1.54) is 6.92 Å². The molecule has 0 radical (unpaired) electrons. The van der Waals surface area contributed by atoms with E-state index in [1.54, 1.807) is 23.5 Å². The minimum atomic E-state index is -0.179. The van der Waals surface area contributed by atoms with Crippen LogP contribution in [0.15, 0.2) is 23.0 Å². The van der Waals surface area contributed by atoms with Crippen molar-refractivity contribution in [3.8, 4) is 0 Å². The van der Waals surface area contributed by atoms with Crippen LogP contribution in [0.3, 0.4) is 0 Å². The Hall–Kier alpha value is -2.38.